The maximum atomic E-state index is 12.7. The molecule has 0 saturated heterocycles. The van der Waals surface area contributed by atoms with Crippen LogP contribution < -0.4 is 19.9 Å². The van der Waals surface area contributed by atoms with Crippen LogP contribution in [-0.4, -0.2) is 34.3 Å². The second-order valence-corrected chi connectivity index (χ2v) is 10.5. The Hall–Kier alpha value is -4.01. The number of para-hydroxylation sites is 2. The van der Waals surface area contributed by atoms with Crippen LogP contribution in [0.3, 0.4) is 0 Å². The van der Waals surface area contributed by atoms with Gasteiger partial charge in [0.05, 0.1) is 20.4 Å². The van der Waals surface area contributed by atoms with Crippen molar-refractivity contribution < 1.29 is 31.3 Å². The van der Waals surface area contributed by atoms with E-state index in [1.807, 2.05) is 0 Å². The van der Waals surface area contributed by atoms with Gasteiger partial charge in [0.15, 0.2) is 6.61 Å². The Morgan fingerprint density at radius 1 is 0.971 bits per heavy atom. The molecule has 0 unspecified atom stereocenters. The molecule has 12 nitrogen and oxygen atoms in total. The second-order valence-electron chi connectivity index (χ2n) is 7.21. The topological polar surface area (TPSA) is 188 Å². The minimum absolute atomic E-state index is 0.0485. The van der Waals surface area contributed by atoms with E-state index in [1.54, 1.807) is 19.1 Å². The molecule has 184 valence electrons. The van der Waals surface area contributed by atoms with Gasteiger partial charge in [0.1, 0.15) is 5.75 Å². The number of nitro groups is 1. The summed E-state index contributed by atoms with van der Waals surface area (Å²) in [6.07, 6.45) is 0. The van der Waals surface area contributed by atoms with E-state index >= 15 is 0 Å². The smallest absolute Gasteiger partial charge is 0.269 e. The van der Waals surface area contributed by atoms with E-state index in [4.69, 9.17) is 9.88 Å². The minimum Gasteiger partial charge on any atom is -0.482 e. The number of amides is 1. The molecule has 1 amide bonds. The van der Waals surface area contributed by atoms with Gasteiger partial charge in [-0.25, -0.2) is 22.0 Å². The summed E-state index contributed by atoms with van der Waals surface area (Å²) in [4.78, 5) is 22.2. The average Bonchev–Trinajstić information content (AvgIpc) is 2.79. The van der Waals surface area contributed by atoms with Crippen molar-refractivity contribution in [1.82, 2.24) is 0 Å². The molecule has 0 saturated carbocycles. The highest BCUT2D eigenvalue weighted by molar-refractivity contribution is 7.92. The fraction of sp³-hybridized carbons (Fsp3) is 0.0952. The molecule has 0 fully saturated rings. The first-order valence-electron chi connectivity index (χ1n) is 9.79. The van der Waals surface area contributed by atoms with Gasteiger partial charge in [-0.15, -0.1) is 0 Å². The third kappa shape index (κ3) is 6.53. The van der Waals surface area contributed by atoms with Crippen LogP contribution in [0.2, 0.25) is 0 Å². The van der Waals surface area contributed by atoms with Crippen molar-refractivity contribution in [2.24, 2.45) is 5.14 Å². The van der Waals surface area contributed by atoms with E-state index < -0.39 is 37.5 Å². The molecule has 3 aromatic carbocycles. The SMILES string of the molecule is Cc1cc(S(N)(=O)=O)ccc1NC(=O)COc1ccccc1NS(=O)(=O)c1ccc([N+](=O)[O-])cc1. The number of nitro benzene ring substituents is 1. The first-order chi connectivity index (χ1) is 16.4. The lowest BCUT2D eigenvalue weighted by atomic mass is 10.2. The number of non-ortho nitro benzene ring substituents is 1. The number of hydrogen-bond acceptors (Lipinski definition) is 8. The molecule has 0 aliphatic rings. The van der Waals surface area contributed by atoms with E-state index in [0.717, 1.165) is 24.3 Å². The largest absolute Gasteiger partial charge is 0.482 e. The molecule has 0 bridgehead atoms. The van der Waals surface area contributed by atoms with Gasteiger partial charge in [-0.2, -0.15) is 0 Å². The van der Waals surface area contributed by atoms with Gasteiger partial charge < -0.3 is 10.1 Å². The predicted molar refractivity (Wildman–Crippen MR) is 127 cm³/mol. The number of nitrogens with zero attached hydrogens (tertiary/aromatic N) is 1. The van der Waals surface area contributed by atoms with Crippen molar-refractivity contribution in [3.05, 3.63) is 82.4 Å². The zero-order valence-electron chi connectivity index (χ0n) is 18.2. The number of sulfonamides is 2. The number of anilines is 2. The number of ether oxygens (including phenoxy) is 1. The standard InChI is InChI=1S/C21H20N4O8S2/c1-14-12-17(34(22,29)30)10-11-18(14)23-21(26)13-33-20-5-3-2-4-19(20)24-35(31,32)16-8-6-15(7-9-16)25(27)28/h2-12,24H,13H2,1H3,(H,23,26)(H2,22,29,30). The molecule has 0 aliphatic carbocycles. The Bertz CT molecular complexity index is 1490. The minimum atomic E-state index is -4.10. The molecule has 14 heteroatoms. The van der Waals surface area contributed by atoms with Crippen molar-refractivity contribution in [2.75, 3.05) is 16.6 Å². The molecule has 0 radical (unpaired) electrons. The molecular weight excluding hydrogens is 500 g/mol. The Balaban J connectivity index is 1.69. The molecule has 0 aromatic heterocycles. The fourth-order valence-electron chi connectivity index (χ4n) is 2.91. The molecule has 3 aromatic rings. The number of nitrogens with one attached hydrogen (secondary N) is 2. The van der Waals surface area contributed by atoms with Crippen LogP contribution >= 0.6 is 0 Å². The van der Waals surface area contributed by atoms with Crippen molar-refractivity contribution in [2.45, 2.75) is 16.7 Å². The summed E-state index contributed by atoms with van der Waals surface area (Å²) in [5.41, 5.74) is 0.597. The van der Waals surface area contributed by atoms with Gasteiger partial charge in [0.25, 0.3) is 21.6 Å². The van der Waals surface area contributed by atoms with Crippen LogP contribution in [0.25, 0.3) is 0 Å². The van der Waals surface area contributed by atoms with Gasteiger partial charge in [-0.1, -0.05) is 12.1 Å². The number of benzene rings is 3. The van der Waals surface area contributed by atoms with E-state index in [1.165, 1.54) is 30.3 Å². The summed E-state index contributed by atoms with van der Waals surface area (Å²) in [6, 6.07) is 14.3. The van der Waals surface area contributed by atoms with E-state index in [0.29, 0.717) is 11.3 Å². The van der Waals surface area contributed by atoms with E-state index in [2.05, 4.69) is 10.0 Å². The summed E-state index contributed by atoms with van der Waals surface area (Å²) in [7, 11) is -7.99. The summed E-state index contributed by atoms with van der Waals surface area (Å²) in [6.45, 7) is 1.11. The second kappa shape index (κ2) is 10.1. The van der Waals surface area contributed by atoms with Gasteiger partial charge >= 0.3 is 0 Å². The summed E-state index contributed by atoms with van der Waals surface area (Å²) >= 11 is 0. The van der Waals surface area contributed by atoms with Gasteiger partial charge in [-0.3, -0.25) is 19.6 Å². The van der Waals surface area contributed by atoms with Gasteiger partial charge in [0.2, 0.25) is 10.0 Å². The number of primary sulfonamides is 1. The Kier molecular flexibility index (Phi) is 7.38. The normalized spacial score (nSPS) is 11.5. The molecule has 0 aliphatic heterocycles. The number of aryl methyl sites for hydroxylation is 1. The monoisotopic (exact) mass is 520 g/mol. The lowest BCUT2D eigenvalue weighted by Gasteiger charge is -2.14. The quantitative estimate of drug-likeness (QED) is 0.283. The first-order valence-corrected chi connectivity index (χ1v) is 12.8. The van der Waals surface area contributed by atoms with E-state index in [9.17, 15) is 31.7 Å². The third-order valence-corrected chi connectivity index (χ3v) is 6.94. The first kappa shape index (κ1) is 25.6. The van der Waals surface area contributed by atoms with Crippen LogP contribution in [0.5, 0.6) is 5.75 Å². The number of carbonyl (C=O) groups excluding carboxylic acids is 1. The number of nitrogens with two attached hydrogens (primary N) is 1. The van der Waals surface area contributed by atoms with Crippen molar-refractivity contribution in [3.8, 4) is 5.75 Å². The average molecular weight is 521 g/mol. The molecule has 0 spiro atoms. The van der Waals surface area contributed by atoms with Crippen molar-refractivity contribution in [3.63, 3.8) is 0 Å². The lowest BCUT2D eigenvalue weighted by Crippen LogP contribution is -2.21. The molecule has 3 rings (SSSR count). The molecule has 0 heterocycles. The summed E-state index contributed by atoms with van der Waals surface area (Å²) < 4.78 is 56.0. The predicted octanol–water partition coefficient (Wildman–Crippen LogP) is 2.37. The molecule has 35 heavy (non-hydrogen) atoms. The maximum absolute atomic E-state index is 12.7. The van der Waals surface area contributed by atoms with Gasteiger partial charge in [0, 0.05) is 17.8 Å². The van der Waals surface area contributed by atoms with Crippen LogP contribution in [-0.2, 0) is 24.8 Å². The number of rotatable bonds is 9. The van der Waals surface area contributed by atoms with Gasteiger partial charge in [-0.05, 0) is 55.0 Å². The van der Waals surface area contributed by atoms with Crippen LogP contribution in [0.1, 0.15) is 5.56 Å². The van der Waals surface area contributed by atoms with Crippen LogP contribution in [0.4, 0.5) is 17.1 Å². The van der Waals surface area contributed by atoms with Crippen LogP contribution in [0.15, 0.2) is 76.5 Å². The Morgan fingerprint density at radius 3 is 2.20 bits per heavy atom. The van der Waals surface area contributed by atoms with E-state index in [-0.39, 0.29) is 26.9 Å². The molecule has 0 atom stereocenters. The van der Waals surface area contributed by atoms with Crippen molar-refractivity contribution >= 4 is 43.0 Å². The highest BCUT2D eigenvalue weighted by Crippen LogP contribution is 2.27. The third-order valence-electron chi connectivity index (χ3n) is 4.65. The Labute approximate surface area is 201 Å². The van der Waals surface area contributed by atoms with Crippen molar-refractivity contribution in [1.29, 1.82) is 0 Å². The Morgan fingerprint density at radius 2 is 1.60 bits per heavy atom. The highest BCUT2D eigenvalue weighted by atomic mass is 32.2. The number of hydrogen-bond donors (Lipinski definition) is 3. The highest BCUT2D eigenvalue weighted by Gasteiger charge is 2.19. The molecular formula is C21H20N4O8S2. The molecule has 4 N–H and O–H groups in total. The summed E-state index contributed by atoms with van der Waals surface area (Å²) in [5, 5.41) is 18.4. The maximum Gasteiger partial charge on any atom is 0.269 e. The number of carbonyl (C=O) groups is 1. The fourth-order valence-corrected chi connectivity index (χ4v) is 4.58. The van der Waals surface area contributed by atoms with Crippen LogP contribution in [0, 0.1) is 17.0 Å². The zero-order chi connectivity index (χ0) is 25.8. The summed E-state index contributed by atoms with van der Waals surface area (Å²) in [5.74, 6) is -0.515. The zero-order valence-corrected chi connectivity index (χ0v) is 19.8. The lowest BCUT2D eigenvalue weighted by molar-refractivity contribution is -0.384.